The number of amidine groups is 1. The predicted octanol–water partition coefficient (Wildman–Crippen LogP) is 1.88. The Balaban J connectivity index is 2.27. The number of nitrogens with one attached hydrogen (secondary N) is 1. The molecule has 1 heterocycles. The molecule has 0 atom stereocenters. The summed E-state index contributed by atoms with van der Waals surface area (Å²) in [5.41, 5.74) is 6.27. The first kappa shape index (κ1) is 12.3. The Hall–Kier alpha value is -2.21. The molecule has 0 spiro atoms. The zero-order valence-corrected chi connectivity index (χ0v) is 10.3. The topological polar surface area (TPSA) is 98.1 Å². The molecule has 1 aromatic rings. The SMILES string of the molecule is CC(C)(O)c1ccc(N2N=N/C(=C/N)C2=N)cc1. The van der Waals surface area contributed by atoms with Crippen molar-refractivity contribution < 1.29 is 5.11 Å². The van der Waals surface area contributed by atoms with Gasteiger partial charge in [-0.3, -0.25) is 5.41 Å². The summed E-state index contributed by atoms with van der Waals surface area (Å²) in [4.78, 5) is 0. The molecule has 4 N–H and O–H groups in total. The number of hydrogen-bond donors (Lipinski definition) is 3. The average Bonchev–Trinajstić information content (AvgIpc) is 2.69. The van der Waals surface area contributed by atoms with E-state index in [1.54, 1.807) is 38.1 Å². The van der Waals surface area contributed by atoms with Crippen molar-refractivity contribution in [3.8, 4) is 0 Å². The molecule has 1 aliphatic rings. The Bertz CT molecular complexity index is 524. The van der Waals surface area contributed by atoms with E-state index >= 15 is 0 Å². The van der Waals surface area contributed by atoms with Crippen molar-refractivity contribution >= 4 is 11.5 Å². The first-order valence-electron chi connectivity index (χ1n) is 5.49. The van der Waals surface area contributed by atoms with Gasteiger partial charge in [0, 0.05) is 6.20 Å². The van der Waals surface area contributed by atoms with Crippen molar-refractivity contribution in [1.29, 1.82) is 5.41 Å². The molecule has 18 heavy (non-hydrogen) atoms. The summed E-state index contributed by atoms with van der Waals surface area (Å²) in [7, 11) is 0. The Morgan fingerprint density at radius 3 is 2.39 bits per heavy atom. The molecule has 1 aromatic carbocycles. The predicted molar refractivity (Wildman–Crippen MR) is 69.0 cm³/mol. The van der Waals surface area contributed by atoms with Gasteiger partial charge in [-0.1, -0.05) is 17.4 Å². The molecule has 0 unspecified atom stereocenters. The van der Waals surface area contributed by atoms with Gasteiger partial charge >= 0.3 is 0 Å². The molecular weight excluding hydrogens is 230 g/mol. The lowest BCUT2D eigenvalue weighted by atomic mass is 9.98. The number of nitrogens with two attached hydrogens (primary N) is 1. The van der Waals surface area contributed by atoms with Crippen LogP contribution in [-0.4, -0.2) is 10.9 Å². The Morgan fingerprint density at radius 2 is 1.94 bits per heavy atom. The number of nitrogens with zero attached hydrogens (tertiary/aromatic N) is 3. The third-order valence-corrected chi connectivity index (χ3v) is 2.67. The fourth-order valence-electron chi connectivity index (χ4n) is 1.60. The quantitative estimate of drug-likeness (QED) is 0.741. The number of rotatable bonds is 2. The second-order valence-electron chi connectivity index (χ2n) is 4.51. The summed E-state index contributed by atoms with van der Waals surface area (Å²) in [6.45, 7) is 3.43. The first-order valence-corrected chi connectivity index (χ1v) is 5.49. The van der Waals surface area contributed by atoms with Crippen LogP contribution in [0.1, 0.15) is 19.4 Å². The van der Waals surface area contributed by atoms with Gasteiger partial charge in [-0.05, 0) is 31.5 Å². The Labute approximate surface area is 105 Å². The normalized spacial score (nSPS) is 17.8. The van der Waals surface area contributed by atoms with Gasteiger partial charge in [0.25, 0.3) is 0 Å². The molecule has 2 rings (SSSR count). The summed E-state index contributed by atoms with van der Waals surface area (Å²) in [6, 6.07) is 7.14. The molecule has 0 bridgehead atoms. The second kappa shape index (κ2) is 4.23. The molecule has 6 heteroatoms. The molecule has 0 amide bonds. The van der Waals surface area contributed by atoms with Crippen LogP contribution in [0.2, 0.25) is 0 Å². The summed E-state index contributed by atoms with van der Waals surface area (Å²) in [6.07, 6.45) is 1.25. The van der Waals surface area contributed by atoms with Crippen LogP contribution in [0.5, 0.6) is 0 Å². The van der Waals surface area contributed by atoms with Gasteiger partial charge in [0.15, 0.2) is 5.84 Å². The highest BCUT2D eigenvalue weighted by molar-refractivity contribution is 6.08. The highest BCUT2D eigenvalue weighted by Gasteiger charge is 2.23. The van der Waals surface area contributed by atoms with E-state index < -0.39 is 5.60 Å². The minimum absolute atomic E-state index is 0.133. The Morgan fingerprint density at radius 1 is 1.33 bits per heavy atom. The van der Waals surface area contributed by atoms with Crippen molar-refractivity contribution in [2.24, 2.45) is 16.1 Å². The van der Waals surface area contributed by atoms with Gasteiger partial charge in [0.05, 0.1) is 11.3 Å². The second-order valence-corrected chi connectivity index (χ2v) is 4.51. The average molecular weight is 245 g/mol. The van der Waals surface area contributed by atoms with Crippen molar-refractivity contribution in [2.75, 3.05) is 5.01 Å². The van der Waals surface area contributed by atoms with Gasteiger partial charge in [0.1, 0.15) is 5.70 Å². The number of anilines is 1. The maximum Gasteiger partial charge on any atom is 0.177 e. The van der Waals surface area contributed by atoms with Crippen LogP contribution in [0.25, 0.3) is 0 Å². The van der Waals surface area contributed by atoms with Crippen LogP contribution < -0.4 is 10.7 Å². The van der Waals surface area contributed by atoms with Crippen molar-refractivity contribution in [3.05, 3.63) is 41.7 Å². The molecule has 0 radical (unpaired) electrons. The number of benzene rings is 1. The van der Waals surface area contributed by atoms with E-state index in [4.69, 9.17) is 11.1 Å². The van der Waals surface area contributed by atoms with E-state index in [0.29, 0.717) is 11.4 Å². The highest BCUT2D eigenvalue weighted by Crippen LogP contribution is 2.26. The summed E-state index contributed by atoms with van der Waals surface area (Å²) < 4.78 is 0. The summed E-state index contributed by atoms with van der Waals surface area (Å²) in [5.74, 6) is 0.133. The van der Waals surface area contributed by atoms with E-state index in [9.17, 15) is 5.11 Å². The van der Waals surface area contributed by atoms with Crippen LogP contribution in [0.15, 0.2) is 46.5 Å². The van der Waals surface area contributed by atoms with Crippen LogP contribution in [0.3, 0.4) is 0 Å². The minimum atomic E-state index is -0.888. The first-order chi connectivity index (χ1) is 8.43. The molecule has 0 aliphatic carbocycles. The largest absolute Gasteiger partial charge is 0.403 e. The van der Waals surface area contributed by atoms with E-state index in [1.807, 2.05) is 0 Å². The van der Waals surface area contributed by atoms with E-state index in [2.05, 4.69) is 10.3 Å². The zero-order chi connectivity index (χ0) is 13.3. The monoisotopic (exact) mass is 245 g/mol. The molecule has 6 nitrogen and oxygen atoms in total. The van der Waals surface area contributed by atoms with Gasteiger partial charge < -0.3 is 10.8 Å². The van der Waals surface area contributed by atoms with E-state index in [1.165, 1.54) is 11.2 Å². The fourth-order valence-corrected chi connectivity index (χ4v) is 1.60. The summed E-state index contributed by atoms with van der Waals surface area (Å²) in [5, 5.41) is 26.7. The molecule has 94 valence electrons. The minimum Gasteiger partial charge on any atom is -0.403 e. The maximum atomic E-state index is 9.85. The molecule has 0 fully saturated rings. The van der Waals surface area contributed by atoms with Gasteiger partial charge in [-0.25, -0.2) is 0 Å². The van der Waals surface area contributed by atoms with Gasteiger partial charge in [-0.2, -0.15) is 5.01 Å². The number of aliphatic hydroxyl groups is 1. The molecule has 0 saturated carbocycles. The lowest BCUT2D eigenvalue weighted by Crippen LogP contribution is -2.21. The molecule has 0 aromatic heterocycles. The van der Waals surface area contributed by atoms with Crippen molar-refractivity contribution in [3.63, 3.8) is 0 Å². The van der Waals surface area contributed by atoms with Crippen LogP contribution in [0, 0.1) is 5.41 Å². The number of hydrogen-bond acceptors (Lipinski definition) is 5. The molecular formula is C12H15N5O. The van der Waals surface area contributed by atoms with Crippen LogP contribution >= 0.6 is 0 Å². The van der Waals surface area contributed by atoms with Gasteiger partial charge in [-0.15, -0.1) is 5.11 Å². The third-order valence-electron chi connectivity index (χ3n) is 2.67. The standard InChI is InChI=1S/C12H15N5O/c1-12(2,18)8-3-5-9(6-4-8)17-11(14)10(7-13)15-16-17/h3-7,14,18H,13H2,1-2H3/b10-7+,14-11?. The van der Waals surface area contributed by atoms with Crippen LogP contribution in [-0.2, 0) is 5.60 Å². The van der Waals surface area contributed by atoms with Crippen molar-refractivity contribution in [1.82, 2.24) is 0 Å². The Kier molecular flexibility index (Phi) is 2.88. The van der Waals surface area contributed by atoms with E-state index in [0.717, 1.165) is 5.56 Å². The fraction of sp³-hybridized carbons (Fsp3) is 0.250. The molecule has 1 aliphatic heterocycles. The highest BCUT2D eigenvalue weighted by atomic mass is 16.3. The summed E-state index contributed by atoms with van der Waals surface area (Å²) >= 11 is 0. The lowest BCUT2D eigenvalue weighted by molar-refractivity contribution is 0.0786. The third kappa shape index (κ3) is 2.10. The van der Waals surface area contributed by atoms with Crippen LogP contribution in [0.4, 0.5) is 5.69 Å². The van der Waals surface area contributed by atoms with E-state index in [-0.39, 0.29) is 5.84 Å². The van der Waals surface area contributed by atoms with Crippen molar-refractivity contribution in [2.45, 2.75) is 19.4 Å². The van der Waals surface area contributed by atoms with Gasteiger partial charge in [0.2, 0.25) is 0 Å². The lowest BCUT2D eigenvalue weighted by Gasteiger charge is -2.19. The zero-order valence-electron chi connectivity index (χ0n) is 10.3. The smallest absolute Gasteiger partial charge is 0.177 e. The maximum absolute atomic E-state index is 9.85. The molecule has 0 saturated heterocycles.